The van der Waals surface area contributed by atoms with Gasteiger partial charge in [0.05, 0.1) is 11.6 Å². The Morgan fingerprint density at radius 3 is 3.05 bits per heavy atom. The number of fused-ring (bicyclic) bond motifs is 2. The van der Waals surface area contributed by atoms with E-state index in [4.69, 9.17) is 0 Å². The Morgan fingerprint density at radius 2 is 2.16 bits per heavy atom. The molecular formula is C14H11BrN4. The number of rotatable bonds is 1. The number of aromatic amines is 1. The van der Waals surface area contributed by atoms with Gasteiger partial charge in [-0.1, -0.05) is 18.2 Å². The van der Waals surface area contributed by atoms with Gasteiger partial charge in [-0.25, -0.2) is 9.97 Å². The van der Waals surface area contributed by atoms with Crippen LogP contribution in [0.4, 0.5) is 5.69 Å². The molecule has 2 N–H and O–H groups in total. The van der Waals surface area contributed by atoms with Crippen LogP contribution in [0.3, 0.4) is 0 Å². The molecule has 19 heavy (non-hydrogen) atoms. The third kappa shape index (κ3) is 1.81. The maximum Gasteiger partial charge on any atom is 0.177 e. The molecule has 1 aliphatic rings. The van der Waals surface area contributed by atoms with E-state index in [-0.39, 0.29) is 6.04 Å². The summed E-state index contributed by atoms with van der Waals surface area (Å²) in [6, 6.07) is 10.6. The van der Waals surface area contributed by atoms with Crippen LogP contribution in [0.1, 0.15) is 17.4 Å². The van der Waals surface area contributed by atoms with E-state index in [9.17, 15) is 0 Å². The quantitative estimate of drug-likeness (QED) is 0.723. The van der Waals surface area contributed by atoms with Crippen molar-refractivity contribution in [3.63, 3.8) is 0 Å². The van der Waals surface area contributed by atoms with Gasteiger partial charge in [0.15, 0.2) is 5.65 Å². The third-order valence-electron chi connectivity index (χ3n) is 3.42. The molecule has 0 bridgehead atoms. The lowest BCUT2D eigenvalue weighted by Gasteiger charge is -2.06. The van der Waals surface area contributed by atoms with Gasteiger partial charge in [0, 0.05) is 22.8 Å². The normalized spacial score (nSPS) is 17.4. The molecule has 4 nitrogen and oxygen atoms in total. The second-order valence-electron chi connectivity index (χ2n) is 4.70. The number of anilines is 1. The molecule has 5 heteroatoms. The van der Waals surface area contributed by atoms with Crippen LogP contribution < -0.4 is 5.32 Å². The predicted molar refractivity (Wildman–Crippen MR) is 78.1 cm³/mol. The van der Waals surface area contributed by atoms with Gasteiger partial charge in [-0.3, -0.25) is 0 Å². The van der Waals surface area contributed by atoms with Gasteiger partial charge in [0.1, 0.15) is 5.82 Å². The van der Waals surface area contributed by atoms with E-state index in [2.05, 4.69) is 54.4 Å². The van der Waals surface area contributed by atoms with Crippen molar-refractivity contribution in [2.24, 2.45) is 0 Å². The lowest BCUT2D eigenvalue weighted by molar-refractivity contribution is 0.767. The van der Waals surface area contributed by atoms with Crippen molar-refractivity contribution in [2.75, 3.05) is 5.32 Å². The smallest absolute Gasteiger partial charge is 0.177 e. The van der Waals surface area contributed by atoms with E-state index in [1.165, 1.54) is 11.3 Å². The van der Waals surface area contributed by atoms with E-state index >= 15 is 0 Å². The molecule has 94 valence electrons. The predicted octanol–water partition coefficient (Wildman–Crippen LogP) is 3.43. The number of nitrogens with one attached hydrogen (secondary N) is 2. The van der Waals surface area contributed by atoms with Crippen LogP contribution in [0.2, 0.25) is 0 Å². The number of benzene rings is 1. The highest BCUT2D eigenvalue weighted by Gasteiger charge is 2.24. The molecule has 0 spiro atoms. The van der Waals surface area contributed by atoms with Gasteiger partial charge < -0.3 is 10.3 Å². The number of halogens is 1. The Morgan fingerprint density at radius 1 is 1.26 bits per heavy atom. The lowest BCUT2D eigenvalue weighted by atomic mass is 10.1. The van der Waals surface area contributed by atoms with Gasteiger partial charge in [0.2, 0.25) is 0 Å². The van der Waals surface area contributed by atoms with Gasteiger partial charge in [-0.15, -0.1) is 0 Å². The molecule has 1 aliphatic heterocycles. The molecule has 4 rings (SSSR count). The van der Waals surface area contributed by atoms with Gasteiger partial charge >= 0.3 is 0 Å². The molecule has 3 heterocycles. The summed E-state index contributed by atoms with van der Waals surface area (Å²) in [7, 11) is 0. The van der Waals surface area contributed by atoms with Crippen LogP contribution in [0, 0.1) is 0 Å². The SMILES string of the molecule is Brc1cnc2nc(C3Cc4ccccc4N3)[nH]c2c1. The summed E-state index contributed by atoms with van der Waals surface area (Å²) >= 11 is 3.42. The second kappa shape index (κ2) is 4.06. The van der Waals surface area contributed by atoms with E-state index in [1.807, 2.05) is 12.1 Å². The molecule has 0 aliphatic carbocycles. The van der Waals surface area contributed by atoms with Crippen molar-refractivity contribution in [2.45, 2.75) is 12.5 Å². The fourth-order valence-electron chi connectivity index (χ4n) is 2.52. The largest absolute Gasteiger partial charge is 0.375 e. The molecule has 3 aromatic rings. The summed E-state index contributed by atoms with van der Waals surface area (Å²) in [6.45, 7) is 0. The summed E-state index contributed by atoms with van der Waals surface area (Å²) in [5.41, 5.74) is 4.25. The van der Waals surface area contributed by atoms with Crippen LogP contribution in [-0.4, -0.2) is 15.0 Å². The Kier molecular flexibility index (Phi) is 2.35. The first-order chi connectivity index (χ1) is 9.29. The van der Waals surface area contributed by atoms with Gasteiger partial charge in [-0.05, 0) is 33.6 Å². The topological polar surface area (TPSA) is 53.6 Å². The molecule has 1 unspecified atom stereocenters. The van der Waals surface area contributed by atoms with Crippen molar-refractivity contribution in [3.05, 3.63) is 52.4 Å². The first-order valence-corrected chi connectivity index (χ1v) is 6.94. The number of hydrogen-bond acceptors (Lipinski definition) is 3. The van der Waals surface area contributed by atoms with Crippen molar-refractivity contribution < 1.29 is 0 Å². The second-order valence-corrected chi connectivity index (χ2v) is 5.62. The molecule has 0 saturated carbocycles. The zero-order chi connectivity index (χ0) is 12.8. The van der Waals surface area contributed by atoms with Gasteiger partial charge in [0.25, 0.3) is 0 Å². The number of imidazole rings is 1. The molecular weight excluding hydrogens is 304 g/mol. The highest BCUT2D eigenvalue weighted by molar-refractivity contribution is 9.10. The lowest BCUT2D eigenvalue weighted by Crippen LogP contribution is -2.07. The molecule has 1 atom stereocenters. The zero-order valence-electron chi connectivity index (χ0n) is 10.0. The first kappa shape index (κ1) is 11.0. The first-order valence-electron chi connectivity index (χ1n) is 6.15. The molecule has 0 radical (unpaired) electrons. The average Bonchev–Trinajstić information content (AvgIpc) is 3.00. The van der Waals surface area contributed by atoms with Crippen LogP contribution in [0.25, 0.3) is 11.2 Å². The molecule has 1 aromatic carbocycles. The van der Waals surface area contributed by atoms with Crippen molar-refractivity contribution in [1.29, 1.82) is 0 Å². The van der Waals surface area contributed by atoms with Crippen LogP contribution in [0.15, 0.2) is 41.0 Å². The number of para-hydroxylation sites is 1. The zero-order valence-corrected chi connectivity index (χ0v) is 11.6. The van der Waals surface area contributed by atoms with E-state index in [1.54, 1.807) is 6.20 Å². The Balaban J connectivity index is 1.73. The number of H-pyrrole nitrogens is 1. The highest BCUT2D eigenvalue weighted by atomic mass is 79.9. The van der Waals surface area contributed by atoms with Crippen molar-refractivity contribution >= 4 is 32.8 Å². The number of pyridine rings is 1. The fourth-order valence-corrected chi connectivity index (χ4v) is 2.85. The van der Waals surface area contributed by atoms with Crippen LogP contribution in [0.5, 0.6) is 0 Å². The van der Waals surface area contributed by atoms with E-state index in [0.29, 0.717) is 0 Å². The summed E-state index contributed by atoms with van der Waals surface area (Å²) < 4.78 is 0.956. The summed E-state index contributed by atoms with van der Waals surface area (Å²) in [5, 5.41) is 3.49. The molecule has 0 fully saturated rings. The fraction of sp³-hybridized carbons (Fsp3) is 0.143. The summed E-state index contributed by atoms with van der Waals surface area (Å²) in [4.78, 5) is 12.2. The van der Waals surface area contributed by atoms with E-state index < -0.39 is 0 Å². The standard InChI is InChI=1S/C14H11BrN4/c15-9-6-12-13(16-7-9)19-14(18-12)11-5-8-3-1-2-4-10(8)17-11/h1-4,6-7,11,17H,5H2,(H,16,18,19). The minimum Gasteiger partial charge on any atom is -0.375 e. The summed E-state index contributed by atoms with van der Waals surface area (Å²) in [6.07, 6.45) is 2.72. The van der Waals surface area contributed by atoms with Crippen molar-refractivity contribution in [1.82, 2.24) is 15.0 Å². The minimum atomic E-state index is 0.199. The third-order valence-corrected chi connectivity index (χ3v) is 3.86. The number of aromatic nitrogens is 3. The van der Waals surface area contributed by atoms with Crippen molar-refractivity contribution in [3.8, 4) is 0 Å². The van der Waals surface area contributed by atoms with Crippen LogP contribution in [-0.2, 0) is 6.42 Å². The Labute approximate surface area is 118 Å². The maximum atomic E-state index is 4.57. The van der Waals surface area contributed by atoms with Gasteiger partial charge in [-0.2, -0.15) is 0 Å². The molecule has 0 amide bonds. The minimum absolute atomic E-state index is 0.199. The average molecular weight is 315 g/mol. The molecule has 0 saturated heterocycles. The van der Waals surface area contributed by atoms with E-state index in [0.717, 1.165) is 27.9 Å². The Bertz CT molecular complexity index is 740. The van der Waals surface area contributed by atoms with Crippen LogP contribution >= 0.6 is 15.9 Å². The number of hydrogen-bond donors (Lipinski definition) is 2. The maximum absolute atomic E-state index is 4.57. The number of nitrogens with zero attached hydrogens (tertiary/aromatic N) is 2. The Hall–Kier alpha value is -1.88. The summed E-state index contributed by atoms with van der Waals surface area (Å²) in [5.74, 6) is 0.941. The highest BCUT2D eigenvalue weighted by Crippen LogP contribution is 2.33. The molecule has 2 aromatic heterocycles. The monoisotopic (exact) mass is 314 g/mol.